The van der Waals surface area contributed by atoms with Crippen LogP contribution in [-0.4, -0.2) is 29.2 Å². The Bertz CT molecular complexity index is 567. The van der Waals surface area contributed by atoms with E-state index in [9.17, 15) is 0 Å². The smallest absolute Gasteiger partial charge is 0.242 e. The minimum atomic E-state index is 0.153. The molecule has 0 aromatic carbocycles. The van der Waals surface area contributed by atoms with Crippen LogP contribution in [0.1, 0.15) is 44.9 Å². The van der Waals surface area contributed by atoms with Gasteiger partial charge in [0, 0.05) is 13.1 Å². The number of rotatable bonds is 7. The maximum atomic E-state index is 8.80. The molecule has 0 atom stereocenters. The molecule has 0 radical (unpaired) electrons. The van der Waals surface area contributed by atoms with Gasteiger partial charge in [0.1, 0.15) is 18.1 Å². The topological polar surface area (TPSA) is 112 Å². The van der Waals surface area contributed by atoms with Crippen molar-refractivity contribution >= 4 is 11.5 Å². The summed E-state index contributed by atoms with van der Waals surface area (Å²) in [6, 6.07) is 4.21. The van der Waals surface area contributed by atoms with Crippen molar-refractivity contribution in [1.29, 1.82) is 10.5 Å². The van der Waals surface area contributed by atoms with Crippen LogP contribution in [-0.2, 0) is 0 Å². The Balaban J connectivity index is 2.14. The van der Waals surface area contributed by atoms with Gasteiger partial charge in [-0.1, -0.05) is 6.42 Å². The van der Waals surface area contributed by atoms with Crippen molar-refractivity contribution in [2.45, 2.75) is 51.0 Å². The van der Waals surface area contributed by atoms with Crippen LogP contribution >= 0.6 is 0 Å². The average Bonchev–Trinajstić information content (AvgIpc) is 2.58. The van der Waals surface area contributed by atoms with E-state index in [1.54, 1.807) is 0 Å². The Kier molecular flexibility index (Phi) is 6.43. The molecule has 1 aliphatic carbocycles. The molecule has 2 N–H and O–H groups in total. The Hall–Kier alpha value is -2.54. The number of ether oxygens (including phenoxy) is 1. The first-order valence-corrected chi connectivity index (χ1v) is 8.02. The lowest BCUT2D eigenvalue weighted by atomic mass is 9.98. The Morgan fingerprint density at radius 2 is 1.78 bits per heavy atom. The van der Waals surface area contributed by atoms with E-state index in [4.69, 9.17) is 21.0 Å². The Labute approximate surface area is 136 Å². The first-order chi connectivity index (χ1) is 11.3. The molecule has 1 saturated carbocycles. The standard InChI is InChI=1S/C16H22N6O/c17-8-4-10-22(11-5-9-18)15-14(19)16(21-12-20-15)23-13-6-2-1-3-7-13/h12-13H,1-7,10-11,19H2. The van der Waals surface area contributed by atoms with Gasteiger partial charge >= 0.3 is 0 Å². The van der Waals surface area contributed by atoms with Crippen LogP contribution in [0.25, 0.3) is 0 Å². The molecule has 0 amide bonds. The van der Waals surface area contributed by atoms with E-state index < -0.39 is 0 Å². The SMILES string of the molecule is N#CCCN(CCC#N)c1ncnc(OC2CCCCC2)c1N. The van der Waals surface area contributed by atoms with Crippen LogP contribution in [0.15, 0.2) is 6.33 Å². The van der Waals surface area contributed by atoms with Crippen LogP contribution in [0.2, 0.25) is 0 Å². The van der Waals surface area contributed by atoms with Crippen LogP contribution in [0, 0.1) is 22.7 Å². The molecule has 0 bridgehead atoms. The van der Waals surface area contributed by atoms with E-state index in [1.807, 2.05) is 4.90 Å². The van der Waals surface area contributed by atoms with Gasteiger partial charge in [-0.3, -0.25) is 0 Å². The Morgan fingerprint density at radius 3 is 2.39 bits per heavy atom. The average molecular weight is 314 g/mol. The van der Waals surface area contributed by atoms with E-state index in [0.717, 1.165) is 12.8 Å². The molecule has 1 aliphatic rings. The van der Waals surface area contributed by atoms with Crippen molar-refractivity contribution < 1.29 is 4.74 Å². The largest absolute Gasteiger partial charge is 0.473 e. The number of hydrogen-bond donors (Lipinski definition) is 1. The van der Waals surface area contributed by atoms with Gasteiger partial charge in [0.15, 0.2) is 5.82 Å². The lowest BCUT2D eigenvalue weighted by Gasteiger charge is -2.26. The van der Waals surface area contributed by atoms with E-state index in [-0.39, 0.29) is 6.10 Å². The van der Waals surface area contributed by atoms with E-state index in [1.165, 1.54) is 25.6 Å². The molecule has 0 spiro atoms. The normalized spacial score (nSPS) is 14.7. The molecule has 1 fully saturated rings. The fourth-order valence-corrected chi connectivity index (χ4v) is 2.75. The molecule has 7 nitrogen and oxygen atoms in total. The molecule has 7 heteroatoms. The van der Waals surface area contributed by atoms with Crippen molar-refractivity contribution in [2.24, 2.45) is 0 Å². The maximum Gasteiger partial charge on any atom is 0.242 e. The summed E-state index contributed by atoms with van der Waals surface area (Å²) in [5.41, 5.74) is 6.57. The van der Waals surface area contributed by atoms with Gasteiger partial charge in [0.25, 0.3) is 0 Å². The third kappa shape index (κ3) is 4.72. The molecular weight excluding hydrogens is 292 g/mol. The van der Waals surface area contributed by atoms with Gasteiger partial charge in [0.05, 0.1) is 25.0 Å². The second kappa shape index (κ2) is 8.79. The molecule has 0 unspecified atom stereocenters. The monoisotopic (exact) mass is 314 g/mol. The molecule has 1 heterocycles. The van der Waals surface area contributed by atoms with Gasteiger partial charge in [-0.2, -0.15) is 15.5 Å². The highest BCUT2D eigenvalue weighted by Gasteiger charge is 2.20. The van der Waals surface area contributed by atoms with Gasteiger partial charge in [-0.05, 0) is 25.7 Å². The molecule has 2 rings (SSSR count). The van der Waals surface area contributed by atoms with Crippen LogP contribution in [0.3, 0.4) is 0 Å². The third-order valence-electron chi connectivity index (χ3n) is 3.94. The highest BCUT2D eigenvalue weighted by molar-refractivity contribution is 5.67. The minimum absolute atomic E-state index is 0.153. The minimum Gasteiger partial charge on any atom is -0.473 e. The summed E-state index contributed by atoms with van der Waals surface area (Å²) in [4.78, 5) is 10.2. The van der Waals surface area contributed by atoms with Crippen molar-refractivity contribution in [3.63, 3.8) is 0 Å². The number of nitriles is 2. The van der Waals surface area contributed by atoms with Crippen LogP contribution in [0.5, 0.6) is 5.88 Å². The second-order valence-corrected chi connectivity index (χ2v) is 5.60. The van der Waals surface area contributed by atoms with Crippen molar-refractivity contribution in [1.82, 2.24) is 9.97 Å². The number of nitrogen functional groups attached to an aromatic ring is 1. The summed E-state index contributed by atoms with van der Waals surface area (Å²) in [5, 5.41) is 17.6. The number of hydrogen-bond acceptors (Lipinski definition) is 7. The van der Waals surface area contributed by atoms with Crippen molar-refractivity contribution in [3.05, 3.63) is 6.33 Å². The summed E-state index contributed by atoms with van der Waals surface area (Å²) >= 11 is 0. The van der Waals surface area contributed by atoms with Crippen molar-refractivity contribution in [2.75, 3.05) is 23.7 Å². The third-order valence-corrected chi connectivity index (χ3v) is 3.94. The number of aromatic nitrogens is 2. The molecular formula is C16H22N6O. The highest BCUT2D eigenvalue weighted by Crippen LogP contribution is 2.31. The number of nitrogens with zero attached hydrogens (tertiary/aromatic N) is 5. The van der Waals surface area contributed by atoms with Crippen LogP contribution < -0.4 is 15.4 Å². The molecule has 23 heavy (non-hydrogen) atoms. The maximum absolute atomic E-state index is 8.80. The first kappa shape index (κ1) is 16.8. The van der Waals surface area contributed by atoms with Gasteiger partial charge in [-0.15, -0.1) is 0 Å². The van der Waals surface area contributed by atoms with Crippen LogP contribution in [0.4, 0.5) is 11.5 Å². The molecule has 1 aromatic rings. The second-order valence-electron chi connectivity index (χ2n) is 5.60. The summed E-state index contributed by atoms with van der Waals surface area (Å²) in [5.74, 6) is 0.942. The van der Waals surface area contributed by atoms with Gasteiger partial charge in [0.2, 0.25) is 5.88 Å². The van der Waals surface area contributed by atoms with Gasteiger partial charge < -0.3 is 15.4 Å². The zero-order valence-corrected chi connectivity index (χ0v) is 13.2. The quantitative estimate of drug-likeness (QED) is 0.822. The zero-order chi connectivity index (χ0) is 16.5. The van der Waals surface area contributed by atoms with E-state index >= 15 is 0 Å². The first-order valence-electron chi connectivity index (χ1n) is 8.02. The highest BCUT2D eigenvalue weighted by atomic mass is 16.5. The molecule has 0 aliphatic heterocycles. The van der Waals surface area contributed by atoms with Gasteiger partial charge in [-0.25, -0.2) is 4.98 Å². The fraction of sp³-hybridized carbons (Fsp3) is 0.625. The lowest BCUT2D eigenvalue weighted by Crippen LogP contribution is -2.28. The van der Waals surface area contributed by atoms with E-state index in [2.05, 4.69) is 22.1 Å². The summed E-state index contributed by atoms with van der Waals surface area (Å²) in [6.45, 7) is 0.949. The summed E-state index contributed by atoms with van der Waals surface area (Å²) in [6.07, 6.45) is 7.88. The molecule has 0 saturated heterocycles. The summed E-state index contributed by atoms with van der Waals surface area (Å²) < 4.78 is 5.95. The fourth-order valence-electron chi connectivity index (χ4n) is 2.75. The summed E-state index contributed by atoms with van der Waals surface area (Å²) in [7, 11) is 0. The van der Waals surface area contributed by atoms with Crippen molar-refractivity contribution in [3.8, 4) is 18.0 Å². The predicted octanol–water partition coefficient (Wildman–Crippen LogP) is 2.40. The number of nitrogens with two attached hydrogens (primary N) is 1. The zero-order valence-electron chi connectivity index (χ0n) is 13.2. The predicted molar refractivity (Wildman–Crippen MR) is 86.6 cm³/mol. The lowest BCUT2D eigenvalue weighted by molar-refractivity contribution is 0.149. The molecule has 1 aromatic heterocycles. The van der Waals surface area contributed by atoms with E-state index in [0.29, 0.717) is 43.3 Å². The Morgan fingerprint density at radius 1 is 1.13 bits per heavy atom. The molecule has 122 valence electrons. The number of anilines is 2.